The number of para-hydroxylation sites is 1. The van der Waals surface area contributed by atoms with Gasteiger partial charge in [-0.1, -0.05) is 30.3 Å². The number of benzene rings is 2. The van der Waals surface area contributed by atoms with Crippen molar-refractivity contribution in [3.05, 3.63) is 81.5 Å². The van der Waals surface area contributed by atoms with Crippen molar-refractivity contribution in [3.63, 3.8) is 0 Å². The van der Waals surface area contributed by atoms with Gasteiger partial charge in [0.1, 0.15) is 6.54 Å². The Morgan fingerprint density at radius 1 is 0.964 bits per heavy atom. The van der Waals surface area contributed by atoms with Crippen LogP contribution >= 0.6 is 0 Å². The Balaban J connectivity index is 1.36. The topological polar surface area (TPSA) is 88.9 Å². The molecule has 0 radical (unpaired) electrons. The maximum absolute atomic E-state index is 12.4. The van der Waals surface area contributed by atoms with E-state index < -0.39 is 0 Å². The predicted molar refractivity (Wildman–Crippen MR) is 108 cm³/mol. The van der Waals surface area contributed by atoms with Crippen LogP contribution in [0.4, 0.5) is 0 Å². The molecule has 2 aromatic carbocycles. The highest BCUT2D eigenvalue weighted by Gasteiger charge is 2.09. The summed E-state index contributed by atoms with van der Waals surface area (Å²) in [7, 11) is 0. The number of aryl methyl sites for hydroxylation is 1. The van der Waals surface area contributed by atoms with E-state index in [1.165, 1.54) is 5.39 Å². The van der Waals surface area contributed by atoms with E-state index in [0.717, 1.165) is 23.2 Å². The molecule has 0 aliphatic carbocycles. The van der Waals surface area contributed by atoms with E-state index in [2.05, 4.69) is 33.2 Å². The molecule has 4 aromatic rings. The lowest BCUT2D eigenvalue weighted by Crippen LogP contribution is -2.37. The first kappa shape index (κ1) is 17.8. The molecule has 0 spiro atoms. The summed E-state index contributed by atoms with van der Waals surface area (Å²) in [4.78, 5) is 36.7. The van der Waals surface area contributed by atoms with Gasteiger partial charge in [-0.3, -0.25) is 19.5 Å². The molecule has 28 heavy (non-hydrogen) atoms. The van der Waals surface area contributed by atoms with Gasteiger partial charge in [0.2, 0.25) is 5.91 Å². The molecule has 0 saturated heterocycles. The van der Waals surface area contributed by atoms with Gasteiger partial charge in [0.15, 0.2) is 0 Å². The van der Waals surface area contributed by atoms with Crippen LogP contribution < -0.4 is 16.4 Å². The maximum Gasteiger partial charge on any atom is 0.273 e. The molecule has 2 heterocycles. The molecule has 7 nitrogen and oxygen atoms in total. The number of nitrogens with zero attached hydrogens (tertiary/aromatic N) is 2. The molecule has 4 rings (SSSR count). The molecule has 0 saturated carbocycles. The number of fused-ring (bicyclic) bond motifs is 2. The Hall–Kier alpha value is -3.61. The van der Waals surface area contributed by atoms with E-state index in [1.807, 2.05) is 18.3 Å². The zero-order valence-electron chi connectivity index (χ0n) is 15.2. The average molecular weight is 376 g/mol. The summed E-state index contributed by atoms with van der Waals surface area (Å²) in [5.41, 5.74) is 0.390. The standard InChI is InChI=1S/C21H20N4O3/c26-19(14-25-21(28)17-8-3-2-7-16(17)20(27)23-25)22-11-5-12-24-13-10-15-6-1-4-9-18(15)24/h1-4,6-10,13H,5,11-12,14H2,(H,22,26)(H,23,27). The van der Waals surface area contributed by atoms with Crippen LogP contribution in [0.2, 0.25) is 0 Å². The number of nitrogens with one attached hydrogen (secondary N) is 2. The van der Waals surface area contributed by atoms with Gasteiger partial charge in [0, 0.05) is 24.8 Å². The van der Waals surface area contributed by atoms with Crippen molar-refractivity contribution >= 4 is 27.6 Å². The van der Waals surface area contributed by atoms with Gasteiger partial charge in [-0.15, -0.1) is 0 Å². The van der Waals surface area contributed by atoms with Crippen LogP contribution in [-0.2, 0) is 17.9 Å². The summed E-state index contributed by atoms with van der Waals surface area (Å²) < 4.78 is 3.20. The van der Waals surface area contributed by atoms with Crippen LogP contribution in [0.3, 0.4) is 0 Å². The number of aromatic amines is 1. The molecule has 7 heteroatoms. The van der Waals surface area contributed by atoms with E-state index in [4.69, 9.17) is 0 Å². The van der Waals surface area contributed by atoms with Crippen molar-refractivity contribution in [3.8, 4) is 0 Å². The quantitative estimate of drug-likeness (QED) is 0.503. The van der Waals surface area contributed by atoms with Crippen LogP contribution in [-0.4, -0.2) is 26.8 Å². The zero-order valence-corrected chi connectivity index (χ0v) is 15.2. The fraction of sp³-hybridized carbons (Fsp3) is 0.190. The number of hydrogen-bond donors (Lipinski definition) is 2. The van der Waals surface area contributed by atoms with E-state index in [1.54, 1.807) is 24.3 Å². The third-order valence-electron chi connectivity index (χ3n) is 4.76. The Kier molecular flexibility index (Phi) is 4.80. The highest BCUT2D eigenvalue weighted by Crippen LogP contribution is 2.15. The second-order valence-electron chi connectivity index (χ2n) is 6.65. The Morgan fingerprint density at radius 2 is 1.71 bits per heavy atom. The summed E-state index contributed by atoms with van der Waals surface area (Å²) in [5, 5.41) is 7.08. The molecular weight excluding hydrogens is 356 g/mol. The van der Waals surface area contributed by atoms with E-state index in [9.17, 15) is 14.4 Å². The number of H-pyrrole nitrogens is 1. The van der Waals surface area contributed by atoms with Crippen molar-refractivity contribution in [2.24, 2.45) is 0 Å². The molecule has 0 atom stereocenters. The van der Waals surface area contributed by atoms with Crippen molar-refractivity contribution in [2.75, 3.05) is 6.54 Å². The van der Waals surface area contributed by atoms with Crippen molar-refractivity contribution < 1.29 is 4.79 Å². The normalized spacial score (nSPS) is 11.1. The molecular formula is C21H20N4O3. The van der Waals surface area contributed by atoms with Gasteiger partial charge in [-0.25, -0.2) is 4.68 Å². The average Bonchev–Trinajstić information content (AvgIpc) is 3.12. The van der Waals surface area contributed by atoms with Crippen LogP contribution in [0.25, 0.3) is 21.7 Å². The Morgan fingerprint density at radius 3 is 2.57 bits per heavy atom. The lowest BCUT2D eigenvalue weighted by atomic mass is 10.2. The van der Waals surface area contributed by atoms with Crippen molar-refractivity contribution in [2.45, 2.75) is 19.5 Å². The van der Waals surface area contributed by atoms with E-state index in [0.29, 0.717) is 17.3 Å². The monoisotopic (exact) mass is 376 g/mol. The third kappa shape index (κ3) is 3.46. The summed E-state index contributed by atoms with van der Waals surface area (Å²) in [6.45, 7) is 1.05. The summed E-state index contributed by atoms with van der Waals surface area (Å²) in [6.07, 6.45) is 2.79. The number of carbonyl (C=O) groups is 1. The lowest BCUT2D eigenvalue weighted by Gasteiger charge is -2.09. The fourth-order valence-corrected chi connectivity index (χ4v) is 3.37. The summed E-state index contributed by atoms with van der Waals surface area (Å²) in [6, 6.07) is 16.8. The molecule has 142 valence electrons. The number of aromatic nitrogens is 3. The van der Waals surface area contributed by atoms with Gasteiger partial charge in [-0.2, -0.15) is 0 Å². The molecule has 0 aliphatic heterocycles. The fourth-order valence-electron chi connectivity index (χ4n) is 3.37. The minimum absolute atomic E-state index is 0.217. The third-order valence-corrected chi connectivity index (χ3v) is 4.76. The SMILES string of the molecule is O=C(Cn1[nH]c(=O)c2ccccc2c1=O)NCCCn1ccc2ccccc21. The second-order valence-corrected chi connectivity index (χ2v) is 6.65. The predicted octanol–water partition coefficient (Wildman–Crippen LogP) is 1.85. The van der Waals surface area contributed by atoms with Gasteiger partial charge < -0.3 is 9.88 Å². The minimum atomic E-state index is -0.387. The van der Waals surface area contributed by atoms with Crippen LogP contribution in [0.15, 0.2) is 70.4 Å². The van der Waals surface area contributed by atoms with Crippen LogP contribution in [0.1, 0.15) is 6.42 Å². The first-order valence-corrected chi connectivity index (χ1v) is 9.16. The molecule has 2 N–H and O–H groups in total. The first-order valence-electron chi connectivity index (χ1n) is 9.16. The second kappa shape index (κ2) is 7.56. The number of carbonyl (C=O) groups excluding carboxylic acids is 1. The van der Waals surface area contributed by atoms with Gasteiger partial charge in [-0.05, 0) is 36.1 Å². The highest BCUT2D eigenvalue weighted by atomic mass is 16.2. The summed E-state index contributed by atoms with van der Waals surface area (Å²) in [5.74, 6) is -0.314. The van der Waals surface area contributed by atoms with Gasteiger partial charge in [0.25, 0.3) is 11.1 Å². The van der Waals surface area contributed by atoms with Crippen LogP contribution in [0.5, 0.6) is 0 Å². The lowest BCUT2D eigenvalue weighted by molar-refractivity contribution is -0.121. The number of amides is 1. The Bertz CT molecular complexity index is 1270. The van der Waals surface area contributed by atoms with Crippen molar-refractivity contribution in [1.29, 1.82) is 0 Å². The first-order chi connectivity index (χ1) is 13.6. The largest absolute Gasteiger partial charge is 0.354 e. The molecule has 0 fully saturated rings. The van der Waals surface area contributed by atoms with Gasteiger partial charge >= 0.3 is 0 Å². The molecule has 0 aliphatic rings. The summed E-state index contributed by atoms with van der Waals surface area (Å²) >= 11 is 0. The Labute approximate surface area is 160 Å². The minimum Gasteiger partial charge on any atom is -0.354 e. The maximum atomic E-state index is 12.4. The highest BCUT2D eigenvalue weighted by molar-refractivity contribution is 5.81. The smallest absolute Gasteiger partial charge is 0.273 e. The molecule has 1 amide bonds. The molecule has 0 bridgehead atoms. The van der Waals surface area contributed by atoms with E-state index in [-0.39, 0.29) is 23.6 Å². The zero-order chi connectivity index (χ0) is 19.5. The van der Waals surface area contributed by atoms with Crippen LogP contribution in [0, 0.1) is 0 Å². The van der Waals surface area contributed by atoms with E-state index >= 15 is 0 Å². The van der Waals surface area contributed by atoms with Crippen molar-refractivity contribution in [1.82, 2.24) is 19.7 Å². The number of rotatable bonds is 6. The molecule has 0 unspecified atom stereocenters. The molecule has 2 aromatic heterocycles. The number of hydrogen-bond acceptors (Lipinski definition) is 3. The van der Waals surface area contributed by atoms with Gasteiger partial charge in [0.05, 0.1) is 10.8 Å².